The third kappa shape index (κ3) is 2.42. The van der Waals surface area contributed by atoms with E-state index >= 15 is 0 Å². The second-order valence-electron chi connectivity index (χ2n) is 11.2. The molecular weight excluding hydrogens is 378 g/mol. The van der Waals surface area contributed by atoms with E-state index in [0.717, 1.165) is 45.2 Å². The Bertz CT molecular complexity index is 778. The number of carbonyl (C=O) groups excluding carboxylic acids is 1. The lowest BCUT2D eigenvalue weighted by molar-refractivity contribution is -0.150. The van der Waals surface area contributed by atoms with Crippen LogP contribution < -0.4 is 10.9 Å². The number of ether oxygens (including phenoxy) is 1. The molecule has 1 heterocycles. The van der Waals surface area contributed by atoms with E-state index in [9.17, 15) is 9.90 Å². The van der Waals surface area contributed by atoms with Crippen LogP contribution in [-0.2, 0) is 9.53 Å². The standard InChI is InChI=1S/C24H37N3O3/c1-23-12-17-21-16(4-3-14-11-15(28)7-8-24(14,21)22(17)30-2)18(23)5-6-19(23)20(29)13-27-25-9-10-26-27/h14-16,18-19,21,25-26,28H,3-13H2,1-2H3/t14-,15+,16-,18-,19+,21?,23-,24+/m0/s1. The van der Waals surface area contributed by atoms with E-state index in [4.69, 9.17) is 4.74 Å². The molecular formula is C24H37N3O3. The van der Waals surface area contributed by atoms with Crippen LogP contribution in [0.4, 0.5) is 0 Å². The lowest BCUT2D eigenvalue weighted by Crippen LogP contribution is -2.63. The quantitative estimate of drug-likeness (QED) is 0.655. The monoisotopic (exact) mass is 415 g/mol. The number of allylic oxidation sites excluding steroid dienone is 2. The first-order valence-electron chi connectivity index (χ1n) is 12.2. The van der Waals surface area contributed by atoms with E-state index in [1.54, 1.807) is 5.57 Å². The zero-order chi connectivity index (χ0) is 20.7. The van der Waals surface area contributed by atoms with Crippen molar-refractivity contribution in [2.24, 2.45) is 40.4 Å². The van der Waals surface area contributed by atoms with Gasteiger partial charge < -0.3 is 9.84 Å². The van der Waals surface area contributed by atoms with E-state index in [0.29, 0.717) is 36.0 Å². The van der Waals surface area contributed by atoms with Crippen molar-refractivity contribution in [3.63, 3.8) is 0 Å². The molecule has 6 nitrogen and oxygen atoms in total. The Morgan fingerprint density at radius 2 is 2.00 bits per heavy atom. The summed E-state index contributed by atoms with van der Waals surface area (Å²) in [7, 11) is 1.86. The van der Waals surface area contributed by atoms with Gasteiger partial charge in [-0.1, -0.05) is 6.92 Å². The summed E-state index contributed by atoms with van der Waals surface area (Å²) < 4.78 is 6.12. The predicted octanol–water partition coefficient (Wildman–Crippen LogP) is 2.40. The molecule has 4 saturated carbocycles. The van der Waals surface area contributed by atoms with Crippen LogP contribution >= 0.6 is 0 Å². The van der Waals surface area contributed by atoms with Gasteiger partial charge in [0.25, 0.3) is 0 Å². The summed E-state index contributed by atoms with van der Waals surface area (Å²) in [5.41, 5.74) is 8.32. The smallest absolute Gasteiger partial charge is 0.153 e. The SMILES string of the molecule is COC1=C2C[C@]3(C)[C@@H](C(=O)CN4NCCN4)CC[C@H]3[C@@H]3CC[C@H]4C[C@H](O)CC[C@@]14C23. The number of Topliss-reactive ketones (excluding diaryl/α,β-unsaturated/α-hetero) is 1. The molecule has 0 aromatic rings. The van der Waals surface area contributed by atoms with Crippen LogP contribution in [0.5, 0.6) is 0 Å². The number of ketones is 1. The number of rotatable bonds is 4. The summed E-state index contributed by atoms with van der Waals surface area (Å²) in [6, 6.07) is 0. The summed E-state index contributed by atoms with van der Waals surface area (Å²) in [4.78, 5) is 13.4. The summed E-state index contributed by atoms with van der Waals surface area (Å²) in [5, 5.41) is 12.2. The van der Waals surface area contributed by atoms with Crippen molar-refractivity contribution in [3.05, 3.63) is 11.3 Å². The van der Waals surface area contributed by atoms with Crippen LogP contribution in [-0.4, -0.2) is 48.9 Å². The molecule has 0 aromatic heterocycles. The van der Waals surface area contributed by atoms with Gasteiger partial charge in [0.05, 0.1) is 19.8 Å². The number of carbonyl (C=O) groups is 1. The highest BCUT2D eigenvalue weighted by molar-refractivity contribution is 5.84. The zero-order valence-corrected chi connectivity index (χ0v) is 18.5. The van der Waals surface area contributed by atoms with Crippen molar-refractivity contribution in [2.75, 3.05) is 26.7 Å². The predicted molar refractivity (Wildman–Crippen MR) is 113 cm³/mol. The highest BCUT2D eigenvalue weighted by Crippen LogP contribution is 2.76. The number of nitrogens with zero attached hydrogens (tertiary/aromatic N) is 1. The third-order valence-corrected chi connectivity index (χ3v) is 10.2. The van der Waals surface area contributed by atoms with Crippen LogP contribution in [0.3, 0.4) is 0 Å². The fourth-order valence-corrected chi connectivity index (χ4v) is 9.29. The summed E-state index contributed by atoms with van der Waals surface area (Å²) in [6.45, 7) is 4.66. The van der Waals surface area contributed by atoms with Gasteiger partial charge in [0.2, 0.25) is 0 Å². The van der Waals surface area contributed by atoms with Crippen LogP contribution in [0, 0.1) is 40.4 Å². The van der Waals surface area contributed by atoms with E-state index in [1.807, 2.05) is 12.2 Å². The fourth-order valence-electron chi connectivity index (χ4n) is 9.29. The van der Waals surface area contributed by atoms with Gasteiger partial charge >= 0.3 is 0 Å². The first-order chi connectivity index (χ1) is 14.5. The van der Waals surface area contributed by atoms with Gasteiger partial charge in [-0.25, -0.2) is 10.9 Å². The molecule has 1 spiro atoms. The van der Waals surface area contributed by atoms with E-state index in [2.05, 4.69) is 17.8 Å². The van der Waals surface area contributed by atoms with Crippen LogP contribution in [0.15, 0.2) is 11.3 Å². The Labute approximate surface area is 179 Å². The number of fused-ring (bicyclic) bond motifs is 2. The van der Waals surface area contributed by atoms with Gasteiger partial charge in [0.15, 0.2) is 5.78 Å². The highest BCUT2D eigenvalue weighted by Gasteiger charge is 2.70. The number of nitrogens with one attached hydrogen (secondary N) is 2. The number of hydrazine groups is 2. The first kappa shape index (κ1) is 19.7. The molecule has 30 heavy (non-hydrogen) atoms. The highest BCUT2D eigenvalue weighted by atomic mass is 16.5. The molecule has 5 aliphatic carbocycles. The summed E-state index contributed by atoms with van der Waals surface area (Å²) >= 11 is 0. The number of aliphatic hydroxyl groups is 1. The van der Waals surface area contributed by atoms with Gasteiger partial charge in [-0.2, -0.15) is 5.12 Å². The van der Waals surface area contributed by atoms with Crippen molar-refractivity contribution in [1.82, 2.24) is 16.0 Å². The molecule has 8 atom stereocenters. The molecule has 3 N–H and O–H groups in total. The van der Waals surface area contributed by atoms with Crippen molar-refractivity contribution < 1.29 is 14.6 Å². The molecule has 5 fully saturated rings. The zero-order valence-electron chi connectivity index (χ0n) is 18.5. The number of hydrogen-bond donors (Lipinski definition) is 3. The molecule has 1 unspecified atom stereocenters. The molecule has 0 radical (unpaired) electrons. The average Bonchev–Trinajstić information content (AvgIpc) is 3.34. The molecule has 1 saturated heterocycles. The van der Waals surface area contributed by atoms with Gasteiger partial charge in [-0.05, 0) is 86.0 Å². The molecule has 6 rings (SSSR count). The van der Waals surface area contributed by atoms with Crippen LogP contribution in [0.2, 0.25) is 0 Å². The molecule has 0 bridgehead atoms. The van der Waals surface area contributed by atoms with Crippen molar-refractivity contribution in [2.45, 2.75) is 64.4 Å². The van der Waals surface area contributed by atoms with Crippen molar-refractivity contribution in [1.29, 1.82) is 0 Å². The average molecular weight is 416 g/mol. The number of methoxy groups -OCH3 is 1. The Balaban J connectivity index is 1.32. The molecule has 0 amide bonds. The molecule has 0 aromatic carbocycles. The van der Waals surface area contributed by atoms with Gasteiger partial charge in [0, 0.05) is 24.4 Å². The van der Waals surface area contributed by atoms with Crippen LogP contribution in [0.1, 0.15) is 58.3 Å². The normalized spacial score (nSPS) is 49.8. The lowest BCUT2D eigenvalue weighted by atomic mass is 9.36. The Morgan fingerprint density at radius 1 is 1.20 bits per heavy atom. The lowest BCUT2D eigenvalue weighted by Gasteiger charge is -2.68. The molecule has 1 aliphatic heterocycles. The summed E-state index contributed by atoms with van der Waals surface area (Å²) in [6.07, 6.45) is 8.58. The minimum Gasteiger partial charge on any atom is -0.501 e. The van der Waals surface area contributed by atoms with E-state index in [-0.39, 0.29) is 22.9 Å². The van der Waals surface area contributed by atoms with Gasteiger partial charge in [-0.3, -0.25) is 4.79 Å². The molecule has 6 heteroatoms. The largest absolute Gasteiger partial charge is 0.501 e. The van der Waals surface area contributed by atoms with E-state index < -0.39 is 0 Å². The van der Waals surface area contributed by atoms with Gasteiger partial charge in [0.1, 0.15) is 5.76 Å². The van der Waals surface area contributed by atoms with Crippen LogP contribution in [0.25, 0.3) is 0 Å². The van der Waals surface area contributed by atoms with E-state index in [1.165, 1.54) is 25.0 Å². The van der Waals surface area contributed by atoms with Crippen molar-refractivity contribution >= 4 is 5.78 Å². The first-order valence-corrected chi connectivity index (χ1v) is 12.2. The summed E-state index contributed by atoms with van der Waals surface area (Å²) in [5.74, 6) is 4.39. The van der Waals surface area contributed by atoms with Gasteiger partial charge in [-0.15, -0.1) is 0 Å². The maximum absolute atomic E-state index is 13.4. The minimum atomic E-state index is -0.130. The third-order valence-electron chi connectivity index (χ3n) is 10.2. The molecule has 6 aliphatic rings. The maximum atomic E-state index is 13.4. The Hall–Kier alpha value is -0.950. The number of hydrogen-bond acceptors (Lipinski definition) is 6. The minimum absolute atomic E-state index is 0.0692. The number of aliphatic hydroxyl groups excluding tert-OH is 1. The topological polar surface area (TPSA) is 73.8 Å². The van der Waals surface area contributed by atoms with Crippen molar-refractivity contribution in [3.8, 4) is 0 Å². The Kier molecular flexibility index (Phi) is 4.45. The fraction of sp³-hybridized carbons (Fsp3) is 0.875. The molecule has 166 valence electrons. The Morgan fingerprint density at radius 3 is 2.77 bits per heavy atom. The second kappa shape index (κ2) is 6.77. The maximum Gasteiger partial charge on any atom is 0.153 e. The second-order valence-corrected chi connectivity index (χ2v) is 11.2.